The van der Waals surface area contributed by atoms with E-state index in [2.05, 4.69) is 0 Å². The van der Waals surface area contributed by atoms with Gasteiger partial charge in [-0.05, 0) is 37.1 Å². The van der Waals surface area contributed by atoms with Crippen molar-refractivity contribution in [2.75, 3.05) is 20.0 Å². The summed E-state index contributed by atoms with van der Waals surface area (Å²) in [5.74, 6) is 3.17. The number of hydrogen-bond acceptors (Lipinski definition) is 4. The molecule has 0 atom stereocenters. The maximum Gasteiger partial charge on any atom is 0.231 e. The van der Waals surface area contributed by atoms with E-state index in [4.69, 9.17) is 18.9 Å². The second-order valence-corrected chi connectivity index (χ2v) is 4.93. The van der Waals surface area contributed by atoms with Crippen LogP contribution >= 0.6 is 0 Å². The number of benzene rings is 2. The fourth-order valence-corrected chi connectivity index (χ4v) is 2.30. The summed E-state index contributed by atoms with van der Waals surface area (Å²) in [7, 11) is 0. The van der Waals surface area contributed by atoms with Crippen LogP contribution in [0.2, 0.25) is 0 Å². The normalized spacial score (nSPS) is 12.3. The van der Waals surface area contributed by atoms with Crippen LogP contribution in [0.5, 0.6) is 23.0 Å². The van der Waals surface area contributed by atoms with Crippen molar-refractivity contribution in [3.05, 3.63) is 47.5 Å². The highest BCUT2D eigenvalue weighted by Gasteiger charge is 2.13. The van der Waals surface area contributed by atoms with Gasteiger partial charge in [0.2, 0.25) is 6.79 Å². The monoisotopic (exact) mass is 286 g/mol. The zero-order valence-electron chi connectivity index (χ0n) is 12.2. The summed E-state index contributed by atoms with van der Waals surface area (Å²) < 4.78 is 22.0. The molecule has 3 rings (SSSR count). The third kappa shape index (κ3) is 3.05. The van der Waals surface area contributed by atoms with Crippen LogP contribution in [-0.4, -0.2) is 20.0 Å². The highest BCUT2D eigenvalue weighted by atomic mass is 16.7. The number of para-hydroxylation sites is 1. The smallest absolute Gasteiger partial charge is 0.231 e. The zero-order chi connectivity index (χ0) is 14.7. The van der Waals surface area contributed by atoms with Crippen LogP contribution in [0.4, 0.5) is 0 Å². The largest absolute Gasteiger partial charge is 0.490 e. The number of ether oxygens (including phenoxy) is 4. The molecular formula is C17H18O4. The van der Waals surface area contributed by atoms with Gasteiger partial charge in [0.05, 0.1) is 0 Å². The Bertz CT molecular complexity index is 616. The van der Waals surface area contributed by atoms with Gasteiger partial charge in [-0.2, -0.15) is 0 Å². The molecule has 0 amide bonds. The third-order valence-electron chi connectivity index (χ3n) is 3.35. The molecule has 0 N–H and O–H groups in total. The quantitative estimate of drug-likeness (QED) is 0.788. The van der Waals surface area contributed by atoms with Crippen molar-refractivity contribution < 1.29 is 18.9 Å². The molecule has 2 aromatic carbocycles. The first-order chi connectivity index (χ1) is 10.2. The van der Waals surface area contributed by atoms with Crippen LogP contribution in [0.1, 0.15) is 11.1 Å². The molecule has 0 saturated heterocycles. The first-order valence-corrected chi connectivity index (χ1v) is 6.95. The molecule has 4 heteroatoms. The lowest BCUT2D eigenvalue weighted by molar-refractivity contribution is 0.173. The molecule has 0 spiro atoms. The average Bonchev–Trinajstić information content (AvgIpc) is 2.93. The molecule has 110 valence electrons. The van der Waals surface area contributed by atoms with Gasteiger partial charge in [-0.25, -0.2) is 0 Å². The van der Waals surface area contributed by atoms with Crippen molar-refractivity contribution in [1.82, 2.24) is 0 Å². The molecule has 21 heavy (non-hydrogen) atoms. The Morgan fingerprint density at radius 1 is 0.905 bits per heavy atom. The molecule has 0 radical (unpaired) electrons. The van der Waals surface area contributed by atoms with Crippen molar-refractivity contribution in [1.29, 1.82) is 0 Å². The van der Waals surface area contributed by atoms with Gasteiger partial charge in [0.25, 0.3) is 0 Å². The lowest BCUT2D eigenvalue weighted by Crippen LogP contribution is -2.10. The van der Waals surface area contributed by atoms with E-state index < -0.39 is 0 Å². The van der Waals surface area contributed by atoms with E-state index in [1.165, 1.54) is 0 Å². The summed E-state index contributed by atoms with van der Waals surface area (Å²) in [6.45, 7) is 5.34. The minimum atomic E-state index is 0.272. The SMILES string of the molecule is Cc1cccc(C)c1OCCOc1ccc2c(c1)OCO2. The number of aryl methyl sites for hydroxylation is 2. The van der Waals surface area contributed by atoms with E-state index >= 15 is 0 Å². The van der Waals surface area contributed by atoms with Gasteiger partial charge in [0.15, 0.2) is 11.5 Å². The van der Waals surface area contributed by atoms with Gasteiger partial charge >= 0.3 is 0 Å². The van der Waals surface area contributed by atoms with Crippen LogP contribution in [0.15, 0.2) is 36.4 Å². The van der Waals surface area contributed by atoms with Gasteiger partial charge in [0.1, 0.15) is 24.7 Å². The first-order valence-electron chi connectivity index (χ1n) is 6.95. The zero-order valence-corrected chi connectivity index (χ0v) is 12.2. The van der Waals surface area contributed by atoms with Crippen LogP contribution in [0.3, 0.4) is 0 Å². The summed E-state index contributed by atoms with van der Waals surface area (Å²) >= 11 is 0. The number of rotatable bonds is 5. The molecule has 0 bridgehead atoms. The topological polar surface area (TPSA) is 36.9 Å². The molecule has 0 unspecified atom stereocenters. The Balaban J connectivity index is 1.52. The Kier molecular flexibility index (Phi) is 3.86. The minimum absolute atomic E-state index is 0.272. The third-order valence-corrected chi connectivity index (χ3v) is 3.35. The lowest BCUT2D eigenvalue weighted by atomic mass is 10.1. The Morgan fingerprint density at radius 2 is 1.62 bits per heavy atom. The summed E-state index contributed by atoms with van der Waals surface area (Å²) in [4.78, 5) is 0. The molecule has 2 aromatic rings. The second kappa shape index (κ2) is 5.95. The van der Waals surface area contributed by atoms with Crippen LogP contribution in [0, 0.1) is 13.8 Å². The Morgan fingerprint density at radius 3 is 2.43 bits per heavy atom. The molecule has 1 heterocycles. The van der Waals surface area contributed by atoms with E-state index in [9.17, 15) is 0 Å². The van der Waals surface area contributed by atoms with E-state index in [0.717, 1.165) is 34.1 Å². The fourth-order valence-electron chi connectivity index (χ4n) is 2.30. The van der Waals surface area contributed by atoms with Crippen LogP contribution in [-0.2, 0) is 0 Å². The van der Waals surface area contributed by atoms with Crippen molar-refractivity contribution in [2.45, 2.75) is 13.8 Å². The number of fused-ring (bicyclic) bond motifs is 1. The van der Waals surface area contributed by atoms with E-state index in [-0.39, 0.29) is 6.79 Å². The molecule has 0 aliphatic carbocycles. The van der Waals surface area contributed by atoms with E-state index in [0.29, 0.717) is 13.2 Å². The highest BCUT2D eigenvalue weighted by Crippen LogP contribution is 2.35. The van der Waals surface area contributed by atoms with Crippen LogP contribution in [0.25, 0.3) is 0 Å². The average molecular weight is 286 g/mol. The lowest BCUT2D eigenvalue weighted by Gasteiger charge is -2.12. The van der Waals surface area contributed by atoms with E-state index in [1.807, 2.05) is 50.2 Å². The summed E-state index contributed by atoms with van der Waals surface area (Å²) in [6, 6.07) is 11.7. The van der Waals surface area contributed by atoms with Gasteiger partial charge in [-0.15, -0.1) is 0 Å². The molecule has 1 aliphatic heterocycles. The molecule has 0 saturated carbocycles. The van der Waals surface area contributed by atoms with Crippen molar-refractivity contribution in [3.63, 3.8) is 0 Å². The van der Waals surface area contributed by atoms with Gasteiger partial charge in [0, 0.05) is 6.07 Å². The fraction of sp³-hybridized carbons (Fsp3) is 0.294. The highest BCUT2D eigenvalue weighted by molar-refractivity contribution is 5.46. The first kappa shape index (κ1) is 13.6. The van der Waals surface area contributed by atoms with Crippen molar-refractivity contribution in [3.8, 4) is 23.0 Å². The minimum Gasteiger partial charge on any atom is -0.490 e. The maximum absolute atomic E-state index is 5.80. The van der Waals surface area contributed by atoms with Crippen molar-refractivity contribution >= 4 is 0 Å². The molecule has 1 aliphatic rings. The Hall–Kier alpha value is -2.36. The molecular weight excluding hydrogens is 268 g/mol. The molecule has 0 aromatic heterocycles. The summed E-state index contributed by atoms with van der Waals surface area (Å²) in [6.07, 6.45) is 0. The molecule has 0 fully saturated rings. The van der Waals surface area contributed by atoms with E-state index in [1.54, 1.807) is 0 Å². The molecule has 4 nitrogen and oxygen atoms in total. The van der Waals surface area contributed by atoms with Crippen molar-refractivity contribution in [2.24, 2.45) is 0 Å². The second-order valence-electron chi connectivity index (χ2n) is 4.93. The van der Waals surface area contributed by atoms with Gasteiger partial charge < -0.3 is 18.9 Å². The summed E-state index contributed by atoms with van der Waals surface area (Å²) in [5, 5.41) is 0. The standard InChI is InChI=1S/C17H18O4/c1-12-4-3-5-13(2)17(12)19-9-8-18-14-6-7-15-16(10-14)21-11-20-15/h3-7,10H,8-9,11H2,1-2H3. The van der Waals surface area contributed by atoms with Gasteiger partial charge in [-0.3, -0.25) is 0 Å². The van der Waals surface area contributed by atoms with Gasteiger partial charge in [-0.1, -0.05) is 18.2 Å². The summed E-state index contributed by atoms with van der Waals surface area (Å²) in [5.41, 5.74) is 2.27. The Labute approximate surface area is 124 Å². The number of hydrogen-bond donors (Lipinski definition) is 0. The van der Waals surface area contributed by atoms with Crippen LogP contribution < -0.4 is 18.9 Å². The maximum atomic E-state index is 5.80. The predicted octanol–water partition coefficient (Wildman–Crippen LogP) is 3.49. The predicted molar refractivity (Wildman–Crippen MR) is 79.5 cm³/mol.